The van der Waals surface area contributed by atoms with Gasteiger partial charge in [0.2, 0.25) is 5.91 Å². The van der Waals surface area contributed by atoms with Crippen LogP contribution in [0.2, 0.25) is 0 Å². The number of hydrogen-bond donors (Lipinski definition) is 3. The second-order valence-electron chi connectivity index (χ2n) is 6.25. The highest BCUT2D eigenvalue weighted by Gasteiger charge is 2.22. The van der Waals surface area contributed by atoms with Crippen molar-refractivity contribution in [3.8, 4) is 0 Å². The van der Waals surface area contributed by atoms with Gasteiger partial charge in [0.05, 0.1) is 12.1 Å². The third-order valence-corrected chi connectivity index (χ3v) is 3.36. The standard InChI is InChI=1S/C14H28N2O2/c1-11(2)8-14(3,18)10-15-9-13(17)16-12-6-4-5-7-12/h11-12,15,18H,4-10H2,1-3H3,(H,16,17). The summed E-state index contributed by atoms with van der Waals surface area (Å²) in [6.07, 6.45) is 5.40. The number of amides is 1. The van der Waals surface area contributed by atoms with Gasteiger partial charge in [-0.2, -0.15) is 0 Å². The van der Waals surface area contributed by atoms with Gasteiger partial charge in [-0.05, 0) is 32.1 Å². The fourth-order valence-electron chi connectivity index (χ4n) is 2.75. The molecule has 0 aromatic heterocycles. The van der Waals surface area contributed by atoms with Crippen molar-refractivity contribution in [1.82, 2.24) is 10.6 Å². The Morgan fingerprint density at radius 3 is 2.56 bits per heavy atom. The van der Waals surface area contributed by atoms with E-state index in [2.05, 4.69) is 24.5 Å². The van der Waals surface area contributed by atoms with Crippen molar-refractivity contribution in [2.75, 3.05) is 13.1 Å². The number of carbonyl (C=O) groups excluding carboxylic acids is 1. The van der Waals surface area contributed by atoms with E-state index in [0.29, 0.717) is 25.0 Å². The first kappa shape index (κ1) is 15.4. The molecule has 1 atom stereocenters. The number of hydrogen-bond acceptors (Lipinski definition) is 3. The van der Waals surface area contributed by atoms with Crippen LogP contribution >= 0.6 is 0 Å². The summed E-state index contributed by atoms with van der Waals surface area (Å²) in [5, 5.41) is 16.2. The van der Waals surface area contributed by atoms with Gasteiger partial charge in [-0.15, -0.1) is 0 Å². The van der Waals surface area contributed by atoms with E-state index in [0.717, 1.165) is 19.3 Å². The number of aliphatic hydroxyl groups is 1. The van der Waals surface area contributed by atoms with Gasteiger partial charge in [0.15, 0.2) is 0 Å². The van der Waals surface area contributed by atoms with E-state index in [4.69, 9.17) is 0 Å². The van der Waals surface area contributed by atoms with E-state index < -0.39 is 5.60 Å². The molecule has 106 valence electrons. The van der Waals surface area contributed by atoms with Gasteiger partial charge in [-0.1, -0.05) is 26.7 Å². The number of rotatable bonds is 7. The van der Waals surface area contributed by atoms with Gasteiger partial charge < -0.3 is 15.7 Å². The van der Waals surface area contributed by atoms with E-state index in [-0.39, 0.29) is 5.91 Å². The quantitative estimate of drug-likeness (QED) is 0.646. The summed E-state index contributed by atoms with van der Waals surface area (Å²) in [6.45, 7) is 6.74. The van der Waals surface area contributed by atoms with Crippen LogP contribution in [0.3, 0.4) is 0 Å². The molecule has 0 aromatic rings. The van der Waals surface area contributed by atoms with Crippen LogP contribution < -0.4 is 10.6 Å². The van der Waals surface area contributed by atoms with Gasteiger partial charge in [0, 0.05) is 12.6 Å². The molecule has 1 amide bonds. The van der Waals surface area contributed by atoms with E-state index in [1.165, 1.54) is 12.8 Å². The third-order valence-electron chi connectivity index (χ3n) is 3.36. The Morgan fingerprint density at radius 1 is 1.39 bits per heavy atom. The second kappa shape index (κ2) is 7.10. The van der Waals surface area contributed by atoms with Gasteiger partial charge >= 0.3 is 0 Å². The SMILES string of the molecule is CC(C)CC(C)(O)CNCC(=O)NC1CCCC1. The largest absolute Gasteiger partial charge is 0.389 e. The van der Waals surface area contributed by atoms with Crippen molar-refractivity contribution in [3.63, 3.8) is 0 Å². The summed E-state index contributed by atoms with van der Waals surface area (Å²) in [5.74, 6) is 0.497. The molecule has 0 heterocycles. The summed E-state index contributed by atoms with van der Waals surface area (Å²) in [6, 6.07) is 0.371. The van der Waals surface area contributed by atoms with Gasteiger partial charge in [-0.25, -0.2) is 0 Å². The Hall–Kier alpha value is -0.610. The molecule has 0 radical (unpaired) electrons. The van der Waals surface area contributed by atoms with Crippen LogP contribution in [-0.2, 0) is 4.79 Å². The summed E-state index contributed by atoms with van der Waals surface area (Å²) in [7, 11) is 0. The highest BCUT2D eigenvalue weighted by atomic mass is 16.3. The smallest absolute Gasteiger partial charge is 0.234 e. The zero-order valence-electron chi connectivity index (χ0n) is 12.0. The van der Waals surface area contributed by atoms with Crippen LogP contribution in [0, 0.1) is 5.92 Å². The van der Waals surface area contributed by atoms with E-state index in [1.807, 2.05) is 6.92 Å². The molecule has 1 aliphatic rings. The van der Waals surface area contributed by atoms with Crippen molar-refractivity contribution in [2.45, 2.75) is 64.5 Å². The van der Waals surface area contributed by atoms with Crippen LogP contribution in [0.25, 0.3) is 0 Å². The Labute approximate surface area is 111 Å². The number of carbonyl (C=O) groups is 1. The van der Waals surface area contributed by atoms with E-state index in [1.54, 1.807) is 0 Å². The van der Waals surface area contributed by atoms with Crippen molar-refractivity contribution in [1.29, 1.82) is 0 Å². The Balaban J connectivity index is 2.14. The minimum Gasteiger partial charge on any atom is -0.389 e. The van der Waals surface area contributed by atoms with Crippen molar-refractivity contribution >= 4 is 5.91 Å². The maximum absolute atomic E-state index is 11.7. The van der Waals surface area contributed by atoms with Crippen LogP contribution in [-0.4, -0.2) is 35.7 Å². The zero-order valence-corrected chi connectivity index (χ0v) is 12.0. The fourth-order valence-corrected chi connectivity index (χ4v) is 2.75. The molecule has 0 aliphatic heterocycles. The first-order chi connectivity index (χ1) is 8.39. The molecule has 1 aliphatic carbocycles. The lowest BCUT2D eigenvalue weighted by Crippen LogP contribution is -2.44. The molecule has 4 nitrogen and oxygen atoms in total. The predicted molar refractivity (Wildman–Crippen MR) is 73.3 cm³/mol. The summed E-state index contributed by atoms with van der Waals surface area (Å²) < 4.78 is 0. The minimum absolute atomic E-state index is 0.0437. The molecule has 0 saturated heterocycles. The first-order valence-electron chi connectivity index (χ1n) is 7.11. The molecule has 1 unspecified atom stereocenters. The monoisotopic (exact) mass is 256 g/mol. The van der Waals surface area contributed by atoms with Gasteiger partial charge in [-0.3, -0.25) is 4.79 Å². The normalized spacial score (nSPS) is 20.1. The molecule has 1 rings (SSSR count). The van der Waals surface area contributed by atoms with Crippen molar-refractivity contribution in [2.24, 2.45) is 5.92 Å². The lowest BCUT2D eigenvalue weighted by molar-refractivity contribution is -0.121. The lowest BCUT2D eigenvalue weighted by Gasteiger charge is -2.25. The Kier molecular flexibility index (Phi) is 6.09. The zero-order chi connectivity index (χ0) is 13.6. The van der Waals surface area contributed by atoms with Crippen LogP contribution in [0.15, 0.2) is 0 Å². The van der Waals surface area contributed by atoms with Crippen LogP contribution in [0.4, 0.5) is 0 Å². The summed E-state index contributed by atoms with van der Waals surface area (Å²) in [4.78, 5) is 11.7. The molecule has 0 spiro atoms. The first-order valence-corrected chi connectivity index (χ1v) is 7.11. The molecule has 3 N–H and O–H groups in total. The molecule has 0 aromatic carbocycles. The van der Waals surface area contributed by atoms with Crippen molar-refractivity contribution < 1.29 is 9.90 Å². The van der Waals surface area contributed by atoms with Crippen LogP contribution in [0.1, 0.15) is 52.9 Å². The Morgan fingerprint density at radius 2 is 2.00 bits per heavy atom. The van der Waals surface area contributed by atoms with Crippen LogP contribution in [0.5, 0.6) is 0 Å². The molecule has 4 heteroatoms. The molecule has 1 fully saturated rings. The summed E-state index contributed by atoms with van der Waals surface area (Å²) in [5.41, 5.74) is -0.734. The highest BCUT2D eigenvalue weighted by molar-refractivity contribution is 5.78. The average Bonchev–Trinajstić information content (AvgIpc) is 2.67. The minimum atomic E-state index is -0.734. The molecule has 0 bridgehead atoms. The maximum atomic E-state index is 11.7. The van der Waals surface area contributed by atoms with Gasteiger partial charge in [0.1, 0.15) is 0 Å². The fraction of sp³-hybridized carbons (Fsp3) is 0.929. The average molecular weight is 256 g/mol. The second-order valence-corrected chi connectivity index (χ2v) is 6.25. The van der Waals surface area contributed by atoms with Gasteiger partial charge in [0.25, 0.3) is 0 Å². The lowest BCUT2D eigenvalue weighted by atomic mass is 9.94. The molecule has 1 saturated carbocycles. The van der Waals surface area contributed by atoms with Crippen molar-refractivity contribution in [3.05, 3.63) is 0 Å². The predicted octanol–water partition coefficient (Wildman–Crippen LogP) is 1.43. The maximum Gasteiger partial charge on any atom is 0.234 e. The molecular formula is C14H28N2O2. The Bertz CT molecular complexity index is 259. The number of nitrogens with one attached hydrogen (secondary N) is 2. The summed E-state index contributed by atoms with van der Waals surface area (Å²) >= 11 is 0. The molecular weight excluding hydrogens is 228 g/mol. The van der Waals surface area contributed by atoms with E-state index >= 15 is 0 Å². The topological polar surface area (TPSA) is 61.4 Å². The molecule has 18 heavy (non-hydrogen) atoms. The highest BCUT2D eigenvalue weighted by Crippen LogP contribution is 2.17. The third kappa shape index (κ3) is 6.36. The van der Waals surface area contributed by atoms with E-state index in [9.17, 15) is 9.90 Å².